The standard InChI is InChI=1S/C22H19IN2O3/c1-15-12-19(23)13-16(20(15)26)14-24-25-21(27)22(28,17-8-4-2-5-9-17)18-10-6-3-7-11-18/h2-14,26,28H,1H3,(H,25,27)/b24-14+. The number of aromatic hydroxyl groups is 1. The number of aryl methyl sites for hydroxylation is 1. The lowest BCUT2D eigenvalue weighted by Gasteiger charge is -2.27. The normalized spacial score (nSPS) is 11.5. The molecule has 3 aromatic rings. The van der Waals surface area contributed by atoms with Gasteiger partial charge in [-0.25, -0.2) is 5.43 Å². The minimum Gasteiger partial charge on any atom is -0.507 e. The van der Waals surface area contributed by atoms with Gasteiger partial charge < -0.3 is 10.2 Å². The average Bonchev–Trinajstić information content (AvgIpc) is 2.72. The first-order valence-corrected chi connectivity index (χ1v) is 9.67. The van der Waals surface area contributed by atoms with Crippen LogP contribution in [0.4, 0.5) is 0 Å². The Morgan fingerprint density at radius 2 is 1.57 bits per heavy atom. The Morgan fingerprint density at radius 1 is 1.04 bits per heavy atom. The van der Waals surface area contributed by atoms with Crippen molar-refractivity contribution in [3.8, 4) is 5.75 Å². The number of benzene rings is 3. The number of nitrogens with zero attached hydrogens (tertiary/aromatic N) is 1. The van der Waals surface area contributed by atoms with Gasteiger partial charge in [0.2, 0.25) is 0 Å². The van der Waals surface area contributed by atoms with E-state index in [1.807, 2.05) is 18.2 Å². The highest BCUT2D eigenvalue weighted by Crippen LogP contribution is 2.30. The third-order valence-corrected chi connectivity index (χ3v) is 5.00. The lowest BCUT2D eigenvalue weighted by atomic mass is 9.85. The number of hydrazone groups is 1. The van der Waals surface area contributed by atoms with Crippen LogP contribution >= 0.6 is 22.6 Å². The largest absolute Gasteiger partial charge is 0.507 e. The van der Waals surface area contributed by atoms with Gasteiger partial charge in [0.05, 0.1) is 6.21 Å². The zero-order valence-corrected chi connectivity index (χ0v) is 17.3. The first-order chi connectivity index (χ1) is 13.4. The molecule has 5 nitrogen and oxygen atoms in total. The third kappa shape index (κ3) is 4.07. The Hall–Kier alpha value is -2.71. The Bertz CT molecular complexity index is 966. The number of phenolic OH excluding ortho intramolecular Hbond substituents is 1. The van der Waals surface area contributed by atoms with Crippen LogP contribution in [0.25, 0.3) is 0 Å². The molecule has 0 heterocycles. The van der Waals surface area contributed by atoms with Crippen molar-refractivity contribution in [3.05, 3.63) is 98.6 Å². The molecule has 0 saturated heterocycles. The molecule has 3 N–H and O–H groups in total. The molecule has 3 rings (SSSR count). The van der Waals surface area contributed by atoms with Gasteiger partial charge >= 0.3 is 0 Å². The number of rotatable bonds is 5. The van der Waals surface area contributed by atoms with E-state index in [0.29, 0.717) is 22.3 Å². The quantitative estimate of drug-likeness (QED) is 0.292. The fourth-order valence-electron chi connectivity index (χ4n) is 2.89. The number of aliphatic hydroxyl groups is 1. The van der Waals surface area contributed by atoms with E-state index in [0.717, 1.165) is 3.57 Å². The third-order valence-electron chi connectivity index (χ3n) is 4.38. The average molecular weight is 486 g/mol. The van der Waals surface area contributed by atoms with Crippen LogP contribution in [0.5, 0.6) is 5.75 Å². The van der Waals surface area contributed by atoms with Gasteiger partial charge in [-0.15, -0.1) is 0 Å². The highest BCUT2D eigenvalue weighted by molar-refractivity contribution is 14.1. The SMILES string of the molecule is Cc1cc(I)cc(/C=N/NC(=O)C(O)(c2ccccc2)c2ccccc2)c1O. The van der Waals surface area contributed by atoms with Gasteiger partial charge in [0.25, 0.3) is 5.91 Å². The molecule has 0 aliphatic heterocycles. The smallest absolute Gasteiger partial charge is 0.281 e. The zero-order chi connectivity index (χ0) is 20.1. The lowest BCUT2D eigenvalue weighted by Crippen LogP contribution is -2.43. The fourth-order valence-corrected chi connectivity index (χ4v) is 3.69. The lowest BCUT2D eigenvalue weighted by molar-refractivity contribution is -0.136. The molecule has 0 unspecified atom stereocenters. The van der Waals surface area contributed by atoms with Crippen LogP contribution in [0.3, 0.4) is 0 Å². The van der Waals surface area contributed by atoms with Crippen molar-refractivity contribution in [2.24, 2.45) is 5.10 Å². The molecular weight excluding hydrogens is 467 g/mol. The van der Waals surface area contributed by atoms with Gasteiger partial charge in [-0.2, -0.15) is 5.10 Å². The molecule has 0 aliphatic carbocycles. The first kappa shape index (κ1) is 20.0. The zero-order valence-electron chi connectivity index (χ0n) is 15.1. The number of halogens is 1. The van der Waals surface area contributed by atoms with Crippen molar-refractivity contribution < 1.29 is 15.0 Å². The number of hydrogen-bond donors (Lipinski definition) is 3. The summed E-state index contributed by atoms with van der Waals surface area (Å²) in [5, 5.41) is 25.4. The summed E-state index contributed by atoms with van der Waals surface area (Å²) in [7, 11) is 0. The van der Waals surface area contributed by atoms with Crippen molar-refractivity contribution >= 4 is 34.7 Å². The van der Waals surface area contributed by atoms with Crippen LogP contribution in [0, 0.1) is 10.5 Å². The maximum absolute atomic E-state index is 12.9. The summed E-state index contributed by atoms with van der Waals surface area (Å²) in [6, 6.07) is 21.0. The van der Waals surface area contributed by atoms with E-state index in [1.54, 1.807) is 61.5 Å². The summed E-state index contributed by atoms with van der Waals surface area (Å²) < 4.78 is 0.936. The fraction of sp³-hybridized carbons (Fsp3) is 0.0909. The van der Waals surface area contributed by atoms with Gasteiger partial charge in [-0.3, -0.25) is 4.79 Å². The Balaban J connectivity index is 1.91. The van der Waals surface area contributed by atoms with Crippen LogP contribution in [-0.2, 0) is 10.4 Å². The molecule has 0 fully saturated rings. The van der Waals surface area contributed by atoms with Gasteiger partial charge in [-0.05, 0) is 58.3 Å². The maximum Gasteiger partial charge on any atom is 0.281 e. The molecule has 0 atom stereocenters. The number of hydrogen-bond acceptors (Lipinski definition) is 4. The van der Waals surface area contributed by atoms with Crippen molar-refractivity contribution in [1.29, 1.82) is 0 Å². The van der Waals surface area contributed by atoms with Gasteiger partial charge in [-0.1, -0.05) is 60.7 Å². The Morgan fingerprint density at radius 3 is 2.11 bits per heavy atom. The number of nitrogens with one attached hydrogen (secondary N) is 1. The molecule has 28 heavy (non-hydrogen) atoms. The Kier molecular flexibility index (Phi) is 6.11. The van der Waals surface area contributed by atoms with Crippen molar-refractivity contribution in [2.45, 2.75) is 12.5 Å². The van der Waals surface area contributed by atoms with Gasteiger partial charge in [0.1, 0.15) is 5.75 Å². The predicted molar refractivity (Wildman–Crippen MR) is 117 cm³/mol. The van der Waals surface area contributed by atoms with Crippen LogP contribution in [0.1, 0.15) is 22.3 Å². The summed E-state index contributed by atoms with van der Waals surface area (Å²) in [6.45, 7) is 1.79. The van der Waals surface area contributed by atoms with Crippen LogP contribution in [0.2, 0.25) is 0 Å². The van der Waals surface area contributed by atoms with Crippen LogP contribution in [0.15, 0.2) is 77.9 Å². The molecule has 0 saturated carbocycles. The minimum atomic E-state index is -1.90. The summed E-state index contributed by atoms with van der Waals surface area (Å²) in [5.74, 6) is -0.595. The summed E-state index contributed by atoms with van der Waals surface area (Å²) in [5.41, 5.74) is 2.56. The van der Waals surface area contributed by atoms with Gasteiger partial charge in [0.15, 0.2) is 5.60 Å². The molecule has 0 aliphatic rings. The van der Waals surface area contributed by atoms with E-state index in [1.165, 1.54) is 6.21 Å². The molecule has 142 valence electrons. The second-order valence-corrected chi connectivity index (χ2v) is 7.55. The summed E-state index contributed by atoms with van der Waals surface area (Å²) in [6.07, 6.45) is 1.36. The highest BCUT2D eigenvalue weighted by Gasteiger charge is 2.39. The molecular formula is C22H19IN2O3. The maximum atomic E-state index is 12.9. The van der Waals surface area contributed by atoms with E-state index in [4.69, 9.17) is 0 Å². The monoisotopic (exact) mass is 486 g/mol. The summed E-state index contributed by atoms with van der Waals surface area (Å²) in [4.78, 5) is 12.9. The second-order valence-electron chi connectivity index (χ2n) is 6.30. The van der Waals surface area contributed by atoms with Gasteiger partial charge in [0, 0.05) is 9.13 Å². The number of amides is 1. The topological polar surface area (TPSA) is 81.9 Å². The molecule has 0 bridgehead atoms. The Labute approximate surface area is 176 Å². The van der Waals surface area contributed by atoms with E-state index in [2.05, 4.69) is 33.1 Å². The molecule has 1 amide bonds. The molecule has 0 spiro atoms. The highest BCUT2D eigenvalue weighted by atomic mass is 127. The second kappa shape index (κ2) is 8.53. The number of phenols is 1. The van der Waals surface area contributed by atoms with Crippen LogP contribution in [-0.4, -0.2) is 22.3 Å². The van der Waals surface area contributed by atoms with Crippen molar-refractivity contribution in [2.75, 3.05) is 0 Å². The molecule has 0 radical (unpaired) electrons. The molecule has 3 aromatic carbocycles. The van der Waals surface area contributed by atoms with E-state index in [-0.39, 0.29) is 5.75 Å². The molecule has 0 aromatic heterocycles. The van der Waals surface area contributed by atoms with E-state index >= 15 is 0 Å². The minimum absolute atomic E-state index is 0.0970. The van der Waals surface area contributed by atoms with Crippen LogP contribution < -0.4 is 5.43 Å². The first-order valence-electron chi connectivity index (χ1n) is 8.59. The number of carbonyl (C=O) groups excluding carboxylic acids is 1. The number of carbonyl (C=O) groups is 1. The molecule has 6 heteroatoms. The van der Waals surface area contributed by atoms with Crippen molar-refractivity contribution in [3.63, 3.8) is 0 Å². The van der Waals surface area contributed by atoms with E-state index in [9.17, 15) is 15.0 Å². The predicted octanol–water partition coefficient (Wildman–Crippen LogP) is 3.69. The van der Waals surface area contributed by atoms with E-state index < -0.39 is 11.5 Å². The summed E-state index contributed by atoms with van der Waals surface area (Å²) >= 11 is 2.14. The van der Waals surface area contributed by atoms with Crippen molar-refractivity contribution in [1.82, 2.24) is 5.43 Å².